The molecule has 0 saturated carbocycles. The number of thiophene rings is 1. The molecular formula is C20H18N2O6S2. The molecule has 3 aromatic rings. The van der Waals surface area contributed by atoms with Gasteiger partial charge < -0.3 is 9.50 Å². The van der Waals surface area contributed by atoms with Gasteiger partial charge in [-0.05, 0) is 66.1 Å². The van der Waals surface area contributed by atoms with Gasteiger partial charge in [-0.2, -0.15) is 19.8 Å². The second-order valence-corrected chi connectivity index (χ2v) is 8.85. The molecule has 0 aliphatic rings. The molecule has 1 amide bonds. The standard InChI is InChI=1S/C20H18N2O6S2/c1-14(11-15-9-10-29-13-15)21-20(23)16-5-7-18(8-6-16)28-30(26,27)19-4-2-3-17(12-19)22(24)25/h2-10,12-14H,11H2,1H3,(H,21,23). The quantitative estimate of drug-likeness (QED) is 0.320. The molecule has 1 aromatic heterocycles. The Morgan fingerprint density at radius 1 is 1.20 bits per heavy atom. The number of hydrogen-bond acceptors (Lipinski definition) is 7. The smallest absolute Gasteiger partial charge is 0.339 e. The third-order valence-corrected chi connectivity index (χ3v) is 6.11. The number of carbonyl (C=O) groups is 1. The first-order valence-corrected chi connectivity index (χ1v) is 11.2. The second-order valence-electron chi connectivity index (χ2n) is 6.53. The molecule has 8 nitrogen and oxygen atoms in total. The third kappa shape index (κ3) is 5.43. The number of rotatable bonds is 8. The molecule has 3 rings (SSSR count). The van der Waals surface area contributed by atoms with Crippen molar-refractivity contribution in [3.63, 3.8) is 0 Å². The van der Waals surface area contributed by atoms with E-state index < -0.39 is 15.0 Å². The average Bonchev–Trinajstić information content (AvgIpc) is 3.21. The zero-order chi connectivity index (χ0) is 21.7. The van der Waals surface area contributed by atoms with Crippen LogP contribution >= 0.6 is 11.3 Å². The van der Waals surface area contributed by atoms with Gasteiger partial charge >= 0.3 is 10.1 Å². The molecule has 10 heteroatoms. The van der Waals surface area contributed by atoms with Gasteiger partial charge in [-0.15, -0.1) is 0 Å². The summed E-state index contributed by atoms with van der Waals surface area (Å²) in [4.78, 5) is 22.2. The first-order valence-electron chi connectivity index (χ1n) is 8.85. The summed E-state index contributed by atoms with van der Waals surface area (Å²) in [5, 5.41) is 17.7. The number of non-ortho nitro benzene ring substituents is 1. The first-order chi connectivity index (χ1) is 14.2. The first kappa shape index (κ1) is 21.5. The Morgan fingerprint density at radius 3 is 2.57 bits per heavy atom. The molecule has 0 bridgehead atoms. The van der Waals surface area contributed by atoms with Crippen LogP contribution in [0.2, 0.25) is 0 Å². The normalized spacial score (nSPS) is 12.2. The summed E-state index contributed by atoms with van der Waals surface area (Å²) in [6, 6.07) is 12.1. The van der Waals surface area contributed by atoms with E-state index in [2.05, 4.69) is 5.32 Å². The summed E-state index contributed by atoms with van der Waals surface area (Å²) in [5.74, 6) is -0.296. The molecule has 30 heavy (non-hydrogen) atoms. The molecule has 1 unspecified atom stereocenters. The number of amides is 1. The van der Waals surface area contributed by atoms with E-state index in [0.717, 1.165) is 11.6 Å². The number of nitrogens with zero attached hydrogens (tertiary/aromatic N) is 1. The Kier molecular flexibility index (Phi) is 6.48. The topological polar surface area (TPSA) is 116 Å². The highest BCUT2D eigenvalue weighted by atomic mass is 32.2. The zero-order valence-electron chi connectivity index (χ0n) is 15.8. The summed E-state index contributed by atoms with van der Waals surface area (Å²) < 4.78 is 29.8. The highest BCUT2D eigenvalue weighted by Gasteiger charge is 2.20. The van der Waals surface area contributed by atoms with Crippen molar-refractivity contribution < 1.29 is 22.3 Å². The SMILES string of the molecule is CC(Cc1ccsc1)NC(=O)c1ccc(OS(=O)(=O)c2cccc([N+](=O)[O-])c2)cc1. The number of benzene rings is 2. The maximum atomic E-state index is 12.4. The van der Waals surface area contributed by atoms with Crippen LogP contribution in [-0.2, 0) is 16.5 Å². The predicted octanol–water partition coefficient (Wildman–Crippen LogP) is 3.79. The fourth-order valence-corrected chi connectivity index (χ4v) is 4.36. The lowest BCUT2D eigenvalue weighted by Gasteiger charge is -2.13. The van der Waals surface area contributed by atoms with Crippen LogP contribution < -0.4 is 9.50 Å². The van der Waals surface area contributed by atoms with Crippen LogP contribution in [0.4, 0.5) is 5.69 Å². The van der Waals surface area contributed by atoms with Crippen molar-refractivity contribution in [3.8, 4) is 5.75 Å². The van der Waals surface area contributed by atoms with E-state index in [-0.39, 0.29) is 28.3 Å². The molecule has 0 radical (unpaired) electrons. The van der Waals surface area contributed by atoms with Gasteiger partial charge in [-0.3, -0.25) is 14.9 Å². The Hall–Kier alpha value is -3.24. The van der Waals surface area contributed by atoms with E-state index >= 15 is 0 Å². The number of carbonyl (C=O) groups excluding carboxylic acids is 1. The van der Waals surface area contributed by atoms with Gasteiger partial charge in [0.25, 0.3) is 11.6 Å². The van der Waals surface area contributed by atoms with Crippen LogP contribution in [0.3, 0.4) is 0 Å². The van der Waals surface area contributed by atoms with E-state index in [4.69, 9.17) is 4.18 Å². The summed E-state index contributed by atoms with van der Waals surface area (Å²) in [6.45, 7) is 1.90. The van der Waals surface area contributed by atoms with Crippen molar-refractivity contribution in [2.75, 3.05) is 0 Å². The minimum atomic E-state index is -4.25. The maximum Gasteiger partial charge on any atom is 0.339 e. The number of nitro benzene ring substituents is 1. The summed E-state index contributed by atoms with van der Waals surface area (Å²) in [6.07, 6.45) is 0.706. The lowest BCUT2D eigenvalue weighted by atomic mass is 10.1. The molecule has 0 aliphatic heterocycles. The average molecular weight is 447 g/mol. The molecule has 156 valence electrons. The van der Waals surface area contributed by atoms with Gasteiger partial charge in [0, 0.05) is 23.7 Å². The Bertz CT molecular complexity index is 1140. The summed E-state index contributed by atoms with van der Waals surface area (Å²) in [7, 11) is -4.25. The largest absolute Gasteiger partial charge is 0.379 e. The Labute approximate surface area is 177 Å². The van der Waals surface area contributed by atoms with E-state index in [1.807, 2.05) is 23.8 Å². The minimum Gasteiger partial charge on any atom is -0.379 e. The van der Waals surface area contributed by atoms with Gasteiger partial charge in [0.05, 0.1) is 4.92 Å². The van der Waals surface area contributed by atoms with Crippen LogP contribution in [0.15, 0.2) is 70.3 Å². The molecule has 0 saturated heterocycles. The zero-order valence-corrected chi connectivity index (χ0v) is 17.5. The minimum absolute atomic E-state index is 0.00984. The van der Waals surface area contributed by atoms with Crippen LogP contribution in [-0.4, -0.2) is 25.3 Å². The van der Waals surface area contributed by atoms with Crippen LogP contribution in [0.5, 0.6) is 5.75 Å². The maximum absolute atomic E-state index is 12.4. The highest BCUT2D eigenvalue weighted by Crippen LogP contribution is 2.22. The van der Waals surface area contributed by atoms with Crippen molar-refractivity contribution in [2.24, 2.45) is 0 Å². The molecule has 0 aliphatic carbocycles. The monoisotopic (exact) mass is 446 g/mol. The number of nitro groups is 1. The van der Waals surface area contributed by atoms with Gasteiger partial charge in [-0.1, -0.05) is 6.07 Å². The predicted molar refractivity (Wildman–Crippen MR) is 112 cm³/mol. The van der Waals surface area contributed by atoms with Gasteiger partial charge in [0.1, 0.15) is 10.6 Å². The van der Waals surface area contributed by atoms with Gasteiger partial charge in [-0.25, -0.2) is 0 Å². The van der Waals surface area contributed by atoms with Crippen LogP contribution in [0, 0.1) is 10.1 Å². The fraction of sp³-hybridized carbons (Fsp3) is 0.150. The van der Waals surface area contributed by atoms with E-state index in [1.54, 1.807) is 11.3 Å². The molecule has 1 N–H and O–H groups in total. The highest BCUT2D eigenvalue weighted by molar-refractivity contribution is 7.87. The lowest BCUT2D eigenvalue weighted by Crippen LogP contribution is -2.33. The summed E-state index contributed by atoms with van der Waals surface area (Å²) >= 11 is 1.59. The summed E-state index contributed by atoms with van der Waals surface area (Å²) in [5.41, 5.74) is 1.14. The van der Waals surface area contributed by atoms with E-state index in [9.17, 15) is 23.3 Å². The number of hydrogen-bond donors (Lipinski definition) is 1. The molecule has 1 atom stereocenters. The Morgan fingerprint density at radius 2 is 1.93 bits per heavy atom. The molecular weight excluding hydrogens is 428 g/mol. The van der Waals surface area contributed by atoms with Crippen molar-refractivity contribution in [1.29, 1.82) is 0 Å². The molecule has 0 fully saturated rings. The van der Waals surface area contributed by atoms with Crippen molar-refractivity contribution in [2.45, 2.75) is 24.3 Å². The molecule has 0 spiro atoms. The van der Waals surface area contributed by atoms with E-state index in [1.165, 1.54) is 42.5 Å². The van der Waals surface area contributed by atoms with Gasteiger partial charge in [0.2, 0.25) is 0 Å². The number of nitrogens with one attached hydrogen (secondary N) is 1. The second kappa shape index (κ2) is 9.06. The van der Waals surface area contributed by atoms with Crippen molar-refractivity contribution in [1.82, 2.24) is 5.32 Å². The lowest BCUT2D eigenvalue weighted by molar-refractivity contribution is -0.385. The fourth-order valence-electron chi connectivity index (χ4n) is 2.71. The molecule has 2 aromatic carbocycles. The molecule has 1 heterocycles. The van der Waals surface area contributed by atoms with Crippen molar-refractivity contribution in [3.05, 3.63) is 86.6 Å². The van der Waals surface area contributed by atoms with E-state index in [0.29, 0.717) is 12.0 Å². The third-order valence-electron chi connectivity index (χ3n) is 4.14. The van der Waals surface area contributed by atoms with Gasteiger partial charge in [0.15, 0.2) is 0 Å². The van der Waals surface area contributed by atoms with Crippen LogP contribution in [0.25, 0.3) is 0 Å². The van der Waals surface area contributed by atoms with Crippen LogP contribution in [0.1, 0.15) is 22.8 Å². The Balaban J connectivity index is 1.65. The van der Waals surface area contributed by atoms with Crippen molar-refractivity contribution >= 4 is 33.0 Å².